The molecule has 0 saturated carbocycles. The summed E-state index contributed by atoms with van der Waals surface area (Å²) in [6.07, 6.45) is 7.85. The van der Waals surface area contributed by atoms with Crippen LogP contribution in [0.25, 0.3) is 0 Å². The Balaban J connectivity index is 2.08. The lowest BCUT2D eigenvalue weighted by Gasteiger charge is -2.19. The van der Waals surface area contributed by atoms with Gasteiger partial charge in [0.2, 0.25) is 0 Å². The van der Waals surface area contributed by atoms with E-state index in [2.05, 4.69) is 22.4 Å². The van der Waals surface area contributed by atoms with Crippen molar-refractivity contribution in [3.8, 4) is 0 Å². The van der Waals surface area contributed by atoms with Crippen LogP contribution in [0.5, 0.6) is 0 Å². The van der Waals surface area contributed by atoms with Crippen molar-refractivity contribution in [3.63, 3.8) is 0 Å². The van der Waals surface area contributed by atoms with Gasteiger partial charge in [0.25, 0.3) is 0 Å². The lowest BCUT2D eigenvalue weighted by atomic mass is 9.99. The van der Waals surface area contributed by atoms with Gasteiger partial charge in [0.1, 0.15) is 6.04 Å². The van der Waals surface area contributed by atoms with Gasteiger partial charge in [0.15, 0.2) is 0 Å². The highest BCUT2D eigenvalue weighted by Crippen LogP contribution is 2.16. The summed E-state index contributed by atoms with van der Waals surface area (Å²) in [5, 5.41) is 2.44. The van der Waals surface area contributed by atoms with Gasteiger partial charge >= 0.3 is 0 Å². The van der Waals surface area contributed by atoms with Gasteiger partial charge in [-0.3, -0.25) is 4.98 Å². The molecule has 2 N–H and O–H groups in total. The minimum absolute atomic E-state index is 0.696. The Morgan fingerprint density at radius 3 is 2.75 bits per heavy atom. The van der Waals surface area contributed by atoms with Gasteiger partial charge in [-0.1, -0.05) is 0 Å². The zero-order valence-corrected chi connectivity index (χ0v) is 7.24. The average Bonchev–Trinajstić information content (AvgIpc) is 2.21. The van der Waals surface area contributed by atoms with Crippen molar-refractivity contribution in [1.82, 2.24) is 4.98 Å². The Hall–Kier alpha value is -0.890. The standard InChI is InChI=1S/C10H14N2/c1-2-6-12-10(3-1)9-4-7-11-8-5-9/h4-5,7-8,10,12H,1-3,6H2/p+1/t10-/m1/s1. The van der Waals surface area contributed by atoms with Gasteiger partial charge in [-0.15, -0.1) is 0 Å². The molecular weight excluding hydrogens is 148 g/mol. The fourth-order valence-corrected chi connectivity index (χ4v) is 1.86. The van der Waals surface area contributed by atoms with Crippen LogP contribution in [-0.2, 0) is 0 Å². The maximum Gasteiger partial charge on any atom is 0.112 e. The molecule has 1 aromatic heterocycles. The maximum atomic E-state index is 4.03. The highest BCUT2D eigenvalue weighted by atomic mass is 14.9. The summed E-state index contributed by atoms with van der Waals surface area (Å²) in [5.41, 5.74) is 1.43. The smallest absolute Gasteiger partial charge is 0.112 e. The van der Waals surface area contributed by atoms with Crippen molar-refractivity contribution in [1.29, 1.82) is 0 Å². The third kappa shape index (κ3) is 1.64. The topological polar surface area (TPSA) is 29.5 Å². The van der Waals surface area contributed by atoms with E-state index >= 15 is 0 Å². The molecule has 1 fully saturated rings. The second-order valence-electron chi connectivity index (χ2n) is 3.41. The first-order chi connectivity index (χ1) is 5.97. The van der Waals surface area contributed by atoms with Gasteiger partial charge in [-0.05, 0) is 25.0 Å². The highest BCUT2D eigenvalue weighted by Gasteiger charge is 2.17. The second kappa shape index (κ2) is 3.68. The second-order valence-corrected chi connectivity index (χ2v) is 3.41. The van der Waals surface area contributed by atoms with E-state index in [0.717, 1.165) is 0 Å². The summed E-state index contributed by atoms with van der Waals surface area (Å²) in [5.74, 6) is 0. The molecule has 2 rings (SSSR count). The molecule has 1 saturated heterocycles. The summed E-state index contributed by atoms with van der Waals surface area (Å²) in [7, 11) is 0. The molecule has 0 radical (unpaired) electrons. The predicted molar refractivity (Wildman–Crippen MR) is 47.6 cm³/mol. The third-order valence-electron chi connectivity index (χ3n) is 2.55. The molecule has 0 aromatic carbocycles. The summed E-state index contributed by atoms with van der Waals surface area (Å²) in [6, 6.07) is 4.96. The first-order valence-electron chi connectivity index (χ1n) is 4.70. The number of quaternary nitrogens is 1. The molecule has 1 aromatic rings. The Morgan fingerprint density at radius 1 is 1.25 bits per heavy atom. The summed E-state index contributed by atoms with van der Waals surface area (Å²) >= 11 is 0. The third-order valence-corrected chi connectivity index (χ3v) is 2.55. The first-order valence-corrected chi connectivity index (χ1v) is 4.70. The zero-order valence-electron chi connectivity index (χ0n) is 7.24. The molecule has 12 heavy (non-hydrogen) atoms. The van der Waals surface area contributed by atoms with Gasteiger partial charge in [0.05, 0.1) is 6.54 Å². The highest BCUT2D eigenvalue weighted by molar-refractivity contribution is 5.12. The first kappa shape index (κ1) is 7.74. The van der Waals surface area contributed by atoms with Crippen molar-refractivity contribution in [3.05, 3.63) is 30.1 Å². The van der Waals surface area contributed by atoms with E-state index in [4.69, 9.17) is 0 Å². The molecule has 2 heteroatoms. The number of aromatic nitrogens is 1. The van der Waals surface area contributed by atoms with Crippen molar-refractivity contribution in [2.45, 2.75) is 25.3 Å². The van der Waals surface area contributed by atoms with Crippen molar-refractivity contribution < 1.29 is 5.32 Å². The molecule has 0 spiro atoms. The fraction of sp³-hybridized carbons (Fsp3) is 0.500. The molecule has 1 aliphatic rings. The van der Waals surface area contributed by atoms with E-state index in [0.29, 0.717) is 6.04 Å². The van der Waals surface area contributed by atoms with Crippen LogP contribution < -0.4 is 5.32 Å². The number of piperidine rings is 1. The number of nitrogens with two attached hydrogens (primary N) is 1. The molecule has 0 aliphatic carbocycles. The van der Waals surface area contributed by atoms with E-state index in [1.807, 2.05) is 12.4 Å². The van der Waals surface area contributed by atoms with Crippen LogP contribution in [0.3, 0.4) is 0 Å². The van der Waals surface area contributed by atoms with E-state index < -0.39 is 0 Å². The van der Waals surface area contributed by atoms with E-state index in [9.17, 15) is 0 Å². The van der Waals surface area contributed by atoms with Gasteiger partial charge in [-0.25, -0.2) is 0 Å². The Bertz CT molecular complexity index is 227. The SMILES string of the molecule is c1cc([C@H]2CCCC[NH2+]2)ccn1. The Morgan fingerprint density at radius 2 is 2.08 bits per heavy atom. The van der Waals surface area contributed by atoms with Crippen LogP contribution in [-0.4, -0.2) is 11.5 Å². The number of rotatable bonds is 1. The van der Waals surface area contributed by atoms with Crippen molar-refractivity contribution in [2.75, 3.05) is 6.54 Å². The van der Waals surface area contributed by atoms with Crippen molar-refractivity contribution in [2.24, 2.45) is 0 Å². The molecule has 0 amide bonds. The Kier molecular flexibility index (Phi) is 2.37. The molecule has 0 unspecified atom stereocenters. The van der Waals surface area contributed by atoms with Crippen LogP contribution in [0.1, 0.15) is 30.9 Å². The minimum atomic E-state index is 0.696. The Labute approximate surface area is 73.0 Å². The lowest BCUT2D eigenvalue weighted by Crippen LogP contribution is -2.86. The summed E-state index contributed by atoms with van der Waals surface area (Å²) in [4.78, 5) is 4.03. The average molecular weight is 163 g/mol. The number of nitrogens with zero attached hydrogens (tertiary/aromatic N) is 1. The zero-order chi connectivity index (χ0) is 8.23. The quantitative estimate of drug-likeness (QED) is 0.654. The molecule has 2 nitrogen and oxygen atoms in total. The van der Waals surface area contributed by atoms with Gasteiger partial charge in [-0.2, -0.15) is 0 Å². The van der Waals surface area contributed by atoms with E-state index in [1.54, 1.807) is 0 Å². The van der Waals surface area contributed by atoms with Crippen molar-refractivity contribution >= 4 is 0 Å². The number of hydrogen-bond acceptors (Lipinski definition) is 1. The molecule has 1 aliphatic heterocycles. The van der Waals surface area contributed by atoms with Crippen LogP contribution in [0, 0.1) is 0 Å². The van der Waals surface area contributed by atoms with Gasteiger partial charge in [0, 0.05) is 24.4 Å². The normalized spacial score (nSPS) is 23.8. The summed E-state index contributed by atoms with van der Waals surface area (Å²) < 4.78 is 0. The number of hydrogen-bond donors (Lipinski definition) is 1. The largest absolute Gasteiger partial charge is 0.340 e. The number of pyridine rings is 1. The molecule has 2 heterocycles. The van der Waals surface area contributed by atoms with Crippen LogP contribution in [0.4, 0.5) is 0 Å². The maximum absolute atomic E-state index is 4.03. The molecule has 64 valence electrons. The summed E-state index contributed by atoms with van der Waals surface area (Å²) in [6.45, 7) is 1.28. The van der Waals surface area contributed by atoms with Crippen LogP contribution >= 0.6 is 0 Å². The van der Waals surface area contributed by atoms with Gasteiger partial charge < -0.3 is 5.32 Å². The fourth-order valence-electron chi connectivity index (χ4n) is 1.86. The van der Waals surface area contributed by atoms with E-state index in [1.165, 1.54) is 31.4 Å². The molecule has 0 bridgehead atoms. The van der Waals surface area contributed by atoms with Crippen LogP contribution in [0.2, 0.25) is 0 Å². The van der Waals surface area contributed by atoms with Crippen LogP contribution in [0.15, 0.2) is 24.5 Å². The molecule has 1 atom stereocenters. The lowest BCUT2D eigenvalue weighted by molar-refractivity contribution is -0.704. The minimum Gasteiger partial charge on any atom is -0.340 e. The predicted octanol–water partition coefficient (Wildman–Crippen LogP) is 0.870. The van der Waals surface area contributed by atoms with E-state index in [-0.39, 0.29) is 0 Å². The monoisotopic (exact) mass is 163 g/mol. The molecular formula is C10H15N2+.